The molecule has 0 bridgehead atoms. The molecule has 4 heteroatoms. The van der Waals surface area contributed by atoms with Gasteiger partial charge in [-0.25, -0.2) is 4.79 Å². The highest BCUT2D eigenvalue weighted by Gasteiger charge is 2.24. The van der Waals surface area contributed by atoms with E-state index in [2.05, 4.69) is 0 Å². The van der Waals surface area contributed by atoms with Gasteiger partial charge in [0.15, 0.2) is 0 Å². The van der Waals surface area contributed by atoms with Crippen molar-refractivity contribution in [2.24, 2.45) is 0 Å². The largest absolute Gasteiger partial charge is 0.478 e. The molecular weight excluding hydrogens is 254 g/mol. The predicted molar refractivity (Wildman–Crippen MR) is 79.0 cm³/mol. The molecule has 4 nitrogen and oxygen atoms in total. The number of nitrogens with zero attached hydrogens (tertiary/aromatic N) is 1. The third kappa shape index (κ3) is 3.83. The van der Waals surface area contributed by atoms with Crippen LogP contribution in [0.4, 0.5) is 0 Å². The maximum absolute atomic E-state index is 11.2. The molecule has 2 rings (SSSR count). The average molecular weight is 277 g/mol. The van der Waals surface area contributed by atoms with Crippen LogP contribution in [0.3, 0.4) is 0 Å². The number of carbonyl (C=O) groups is 2. The number of piperidine rings is 1. The van der Waals surface area contributed by atoms with Crippen molar-refractivity contribution in [2.45, 2.75) is 39.5 Å². The molecular formula is C16H23NO3. The molecule has 1 aromatic carbocycles. The van der Waals surface area contributed by atoms with Gasteiger partial charge in [0.2, 0.25) is 5.91 Å². The number of likely N-dealkylation sites (tertiary alicyclic amines) is 1. The van der Waals surface area contributed by atoms with Crippen LogP contribution in [0, 0.1) is 0 Å². The number of amides is 1. The predicted octanol–water partition coefficient (Wildman–Crippen LogP) is 3.14. The number of rotatable bonds is 2. The number of benzene rings is 1. The number of carbonyl (C=O) groups excluding carboxylic acids is 1. The van der Waals surface area contributed by atoms with Crippen LogP contribution in [-0.4, -0.2) is 35.0 Å². The molecule has 1 aromatic rings. The fourth-order valence-electron chi connectivity index (χ4n) is 2.55. The van der Waals surface area contributed by atoms with Gasteiger partial charge in [0.25, 0.3) is 0 Å². The molecule has 1 fully saturated rings. The van der Waals surface area contributed by atoms with Crippen LogP contribution in [0.2, 0.25) is 0 Å². The monoisotopic (exact) mass is 277 g/mol. The van der Waals surface area contributed by atoms with Crippen LogP contribution in [0.25, 0.3) is 0 Å². The molecule has 0 saturated carbocycles. The van der Waals surface area contributed by atoms with E-state index in [4.69, 9.17) is 0 Å². The lowest BCUT2D eigenvalue weighted by Gasteiger charge is -2.32. The molecule has 20 heavy (non-hydrogen) atoms. The van der Waals surface area contributed by atoms with E-state index in [-0.39, 0.29) is 11.8 Å². The van der Waals surface area contributed by atoms with Gasteiger partial charge < -0.3 is 10.0 Å². The molecule has 1 aliphatic rings. The fraction of sp³-hybridized carbons (Fsp3) is 0.500. The Bertz CT molecular complexity index is 463. The summed E-state index contributed by atoms with van der Waals surface area (Å²) in [5, 5.41) is 9.17. The molecule has 0 aliphatic carbocycles. The van der Waals surface area contributed by atoms with Crippen LogP contribution < -0.4 is 0 Å². The second-order valence-corrected chi connectivity index (χ2v) is 4.67. The molecule has 0 aromatic heterocycles. The van der Waals surface area contributed by atoms with Gasteiger partial charge in [0, 0.05) is 20.0 Å². The zero-order chi connectivity index (χ0) is 15.1. The van der Waals surface area contributed by atoms with Gasteiger partial charge in [0.05, 0.1) is 5.56 Å². The molecule has 0 unspecified atom stereocenters. The second-order valence-electron chi connectivity index (χ2n) is 4.67. The average Bonchev–Trinajstić information content (AvgIpc) is 2.49. The first-order valence-electron chi connectivity index (χ1n) is 7.17. The first-order chi connectivity index (χ1) is 9.59. The van der Waals surface area contributed by atoms with Crippen molar-refractivity contribution in [3.05, 3.63) is 35.4 Å². The Morgan fingerprint density at radius 1 is 1.15 bits per heavy atom. The molecule has 110 valence electrons. The van der Waals surface area contributed by atoms with Crippen molar-refractivity contribution >= 4 is 11.9 Å². The third-order valence-electron chi connectivity index (χ3n) is 3.57. The number of carboxylic acid groups (broad SMARTS) is 1. The Hall–Kier alpha value is -1.84. The zero-order valence-electron chi connectivity index (χ0n) is 12.4. The van der Waals surface area contributed by atoms with Crippen LogP contribution in [-0.2, 0) is 4.79 Å². The highest BCUT2D eigenvalue weighted by atomic mass is 16.4. The summed E-state index contributed by atoms with van der Waals surface area (Å²) in [5.74, 6) is -0.535. The number of hydrogen-bond donors (Lipinski definition) is 1. The maximum atomic E-state index is 11.2. The summed E-state index contributed by atoms with van der Waals surface area (Å²) in [5.41, 5.74) is 1.28. The summed E-state index contributed by atoms with van der Waals surface area (Å²) in [7, 11) is 0. The Labute approximate surface area is 120 Å². The Morgan fingerprint density at radius 3 is 2.20 bits per heavy atom. The van der Waals surface area contributed by atoms with Crippen molar-refractivity contribution in [2.75, 3.05) is 13.1 Å². The zero-order valence-corrected chi connectivity index (χ0v) is 12.4. The third-order valence-corrected chi connectivity index (χ3v) is 3.57. The first-order valence-corrected chi connectivity index (χ1v) is 7.17. The highest BCUT2D eigenvalue weighted by Crippen LogP contribution is 2.30. The number of carboxylic acids is 1. The second kappa shape index (κ2) is 7.68. The van der Waals surface area contributed by atoms with E-state index >= 15 is 0 Å². The van der Waals surface area contributed by atoms with Gasteiger partial charge in [-0.15, -0.1) is 0 Å². The molecule has 1 saturated heterocycles. The molecule has 1 amide bonds. The lowest BCUT2D eigenvalue weighted by molar-refractivity contribution is -0.129. The minimum Gasteiger partial charge on any atom is -0.478 e. The Kier molecular flexibility index (Phi) is 6.22. The van der Waals surface area contributed by atoms with E-state index in [9.17, 15) is 14.7 Å². The van der Waals surface area contributed by atoms with E-state index in [1.54, 1.807) is 19.1 Å². The van der Waals surface area contributed by atoms with Crippen molar-refractivity contribution in [3.63, 3.8) is 0 Å². The number of hydrogen-bond acceptors (Lipinski definition) is 2. The van der Waals surface area contributed by atoms with Crippen LogP contribution in [0.5, 0.6) is 0 Å². The Morgan fingerprint density at radius 2 is 1.70 bits per heavy atom. The lowest BCUT2D eigenvalue weighted by atomic mass is 9.86. The SMILES string of the molecule is CC.CC(=O)N1CCC(c2ccccc2C(=O)O)CC1. The quantitative estimate of drug-likeness (QED) is 0.903. The number of aromatic carboxylic acids is 1. The molecule has 0 radical (unpaired) electrons. The van der Waals surface area contributed by atoms with Crippen LogP contribution in [0.1, 0.15) is 55.5 Å². The normalized spacial score (nSPS) is 15.2. The summed E-state index contributed by atoms with van der Waals surface area (Å²) < 4.78 is 0. The van der Waals surface area contributed by atoms with Crippen molar-refractivity contribution in [1.29, 1.82) is 0 Å². The van der Waals surface area contributed by atoms with Gasteiger partial charge in [-0.2, -0.15) is 0 Å². The van der Waals surface area contributed by atoms with Gasteiger partial charge in [-0.05, 0) is 30.4 Å². The fourth-order valence-corrected chi connectivity index (χ4v) is 2.55. The van der Waals surface area contributed by atoms with Gasteiger partial charge in [0.1, 0.15) is 0 Å². The minimum atomic E-state index is -0.875. The standard InChI is InChI=1S/C14H17NO3.C2H6/c1-10(16)15-8-6-11(7-9-15)12-4-2-3-5-13(12)14(17)18;1-2/h2-5,11H,6-9H2,1H3,(H,17,18);1-2H3. The lowest BCUT2D eigenvalue weighted by Crippen LogP contribution is -2.36. The van der Waals surface area contributed by atoms with Crippen LogP contribution in [0.15, 0.2) is 24.3 Å². The van der Waals surface area contributed by atoms with Crippen LogP contribution >= 0.6 is 0 Å². The highest BCUT2D eigenvalue weighted by molar-refractivity contribution is 5.89. The van der Waals surface area contributed by atoms with E-state index in [0.717, 1.165) is 18.4 Å². The smallest absolute Gasteiger partial charge is 0.335 e. The molecule has 1 N–H and O–H groups in total. The van der Waals surface area contributed by atoms with E-state index in [1.807, 2.05) is 30.9 Å². The minimum absolute atomic E-state index is 0.0972. The molecule has 0 atom stereocenters. The van der Waals surface area contributed by atoms with E-state index < -0.39 is 5.97 Å². The van der Waals surface area contributed by atoms with E-state index in [0.29, 0.717) is 18.7 Å². The summed E-state index contributed by atoms with van der Waals surface area (Å²) in [4.78, 5) is 24.2. The molecule has 0 spiro atoms. The summed E-state index contributed by atoms with van der Waals surface area (Å²) >= 11 is 0. The van der Waals surface area contributed by atoms with Crippen molar-refractivity contribution in [3.8, 4) is 0 Å². The maximum Gasteiger partial charge on any atom is 0.335 e. The van der Waals surface area contributed by atoms with Gasteiger partial charge in [-0.3, -0.25) is 4.79 Å². The van der Waals surface area contributed by atoms with Crippen molar-refractivity contribution < 1.29 is 14.7 Å². The topological polar surface area (TPSA) is 57.6 Å². The first kappa shape index (κ1) is 16.2. The van der Waals surface area contributed by atoms with Crippen molar-refractivity contribution in [1.82, 2.24) is 4.90 Å². The summed E-state index contributed by atoms with van der Waals surface area (Å²) in [6.45, 7) is 7.01. The van der Waals surface area contributed by atoms with E-state index in [1.165, 1.54) is 0 Å². The Balaban J connectivity index is 0.000000956. The molecule has 1 heterocycles. The van der Waals surface area contributed by atoms with Gasteiger partial charge >= 0.3 is 5.97 Å². The van der Waals surface area contributed by atoms with Gasteiger partial charge in [-0.1, -0.05) is 32.0 Å². The molecule has 1 aliphatic heterocycles. The summed E-state index contributed by atoms with van der Waals surface area (Å²) in [6.07, 6.45) is 1.67. The summed E-state index contributed by atoms with van der Waals surface area (Å²) in [6, 6.07) is 7.16.